The molecular weight excluding hydrogens is 124 g/mol. The van der Waals surface area contributed by atoms with Gasteiger partial charge in [-0.05, 0) is 11.8 Å². The van der Waals surface area contributed by atoms with Gasteiger partial charge in [-0.3, -0.25) is 0 Å². The van der Waals surface area contributed by atoms with E-state index in [2.05, 4.69) is 0 Å². The van der Waals surface area contributed by atoms with Crippen LogP contribution in [0.2, 0.25) is 0 Å². The Kier molecular flexibility index (Phi) is 0.712. The molecule has 9 heavy (non-hydrogen) atoms. The van der Waals surface area contributed by atoms with Crippen molar-refractivity contribution in [3.8, 4) is 0 Å². The van der Waals surface area contributed by atoms with Crippen molar-refractivity contribution in [2.45, 2.75) is 31.2 Å². The molecular formula is C6H9F2N. The van der Waals surface area contributed by atoms with E-state index in [-0.39, 0.29) is 24.3 Å². The second-order valence-corrected chi connectivity index (χ2v) is 3.38. The topological polar surface area (TPSA) is 26.0 Å². The lowest BCUT2D eigenvalue weighted by Gasteiger charge is -2.35. The van der Waals surface area contributed by atoms with Gasteiger partial charge in [0, 0.05) is 18.9 Å². The third kappa shape index (κ3) is 0.611. The van der Waals surface area contributed by atoms with Gasteiger partial charge in [0.05, 0.1) is 0 Å². The van der Waals surface area contributed by atoms with Crippen molar-refractivity contribution in [1.82, 2.24) is 0 Å². The molecule has 1 atom stereocenters. The van der Waals surface area contributed by atoms with Crippen LogP contribution in [-0.4, -0.2) is 12.0 Å². The van der Waals surface area contributed by atoms with E-state index in [4.69, 9.17) is 5.73 Å². The first-order chi connectivity index (χ1) is 4.04. The Bertz CT molecular complexity index is 147. The first-order valence-electron chi connectivity index (χ1n) is 3.18. The minimum absolute atomic E-state index is 0.0428. The summed E-state index contributed by atoms with van der Waals surface area (Å²) < 4.78 is 24.4. The molecule has 2 rings (SSSR count). The summed E-state index contributed by atoms with van der Waals surface area (Å²) in [5, 5.41) is 0. The highest BCUT2D eigenvalue weighted by molar-refractivity contribution is 5.16. The molecule has 2 aliphatic carbocycles. The second kappa shape index (κ2) is 1.15. The van der Waals surface area contributed by atoms with E-state index in [1.807, 2.05) is 0 Å². The summed E-state index contributed by atoms with van der Waals surface area (Å²) >= 11 is 0. The summed E-state index contributed by atoms with van der Waals surface area (Å²) in [6.07, 6.45) is 0.908. The molecule has 0 aromatic carbocycles. The van der Waals surface area contributed by atoms with Crippen LogP contribution < -0.4 is 5.73 Å². The largest absolute Gasteiger partial charge is 0.327 e. The molecule has 1 unspecified atom stereocenters. The van der Waals surface area contributed by atoms with Crippen LogP contribution in [0, 0.1) is 5.41 Å². The molecule has 0 bridgehead atoms. The number of nitrogens with two attached hydrogens (primary N) is 1. The van der Waals surface area contributed by atoms with Gasteiger partial charge in [0.25, 0.3) is 0 Å². The maximum Gasteiger partial charge on any atom is 0.249 e. The lowest BCUT2D eigenvalue weighted by Crippen LogP contribution is -2.40. The molecule has 0 saturated heterocycles. The number of hydrogen-bond donors (Lipinski definition) is 1. The number of halogens is 2. The first kappa shape index (κ1) is 5.59. The molecule has 52 valence electrons. The fourth-order valence-corrected chi connectivity index (χ4v) is 1.76. The van der Waals surface area contributed by atoms with Crippen molar-refractivity contribution in [1.29, 1.82) is 0 Å². The van der Waals surface area contributed by atoms with Gasteiger partial charge in [-0.1, -0.05) is 0 Å². The van der Waals surface area contributed by atoms with E-state index in [0.29, 0.717) is 0 Å². The Morgan fingerprint density at radius 3 is 1.89 bits per heavy atom. The SMILES string of the molecule is NC1CC12CC(F)(F)C2. The van der Waals surface area contributed by atoms with Crippen LogP contribution in [0.5, 0.6) is 0 Å². The quantitative estimate of drug-likeness (QED) is 0.526. The predicted octanol–water partition coefficient (Wildman–Crippen LogP) is 1.13. The number of hydrogen-bond acceptors (Lipinski definition) is 1. The zero-order valence-corrected chi connectivity index (χ0v) is 5.03. The smallest absolute Gasteiger partial charge is 0.249 e. The fourth-order valence-electron chi connectivity index (χ4n) is 1.76. The van der Waals surface area contributed by atoms with Gasteiger partial charge >= 0.3 is 0 Å². The maximum atomic E-state index is 12.2. The zero-order chi connectivity index (χ0) is 6.70. The molecule has 0 aromatic rings. The Balaban J connectivity index is 1.99. The Hall–Kier alpha value is -0.180. The molecule has 1 spiro atoms. The van der Waals surface area contributed by atoms with Crippen molar-refractivity contribution in [3.63, 3.8) is 0 Å². The van der Waals surface area contributed by atoms with Gasteiger partial charge in [-0.15, -0.1) is 0 Å². The van der Waals surface area contributed by atoms with Crippen LogP contribution in [0.15, 0.2) is 0 Å². The zero-order valence-electron chi connectivity index (χ0n) is 5.03. The fraction of sp³-hybridized carbons (Fsp3) is 1.00. The van der Waals surface area contributed by atoms with E-state index in [1.54, 1.807) is 0 Å². The summed E-state index contributed by atoms with van der Waals surface area (Å²) in [6.45, 7) is 0. The molecule has 0 radical (unpaired) electrons. The summed E-state index contributed by atoms with van der Waals surface area (Å²) in [7, 11) is 0. The van der Waals surface area contributed by atoms with Gasteiger partial charge < -0.3 is 5.73 Å². The lowest BCUT2D eigenvalue weighted by atomic mass is 9.77. The molecule has 2 fully saturated rings. The van der Waals surface area contributed by atoms with E-state index >= 15 is 0 Å². The Labute approximate surface area is 52.2 Å². The van der Waals surface area contributed by atoms with Crippen molar-refractivity contribution in [3.05, 3.63) is 0 Å². The molecule has 0 aliphatic heterocycles. The minimum atomic E-state index is -2.38. The van der Waals surface area contributed by atoms with E-state index in [1.165, 1.54) is 0 Å². The summed E-state index contributed by atoms with van der Waals surface area (Å²) in [6, 6.07) is 0.0807. The average Bonchev–Trinajstić information content (AvgIpc) is 2.09. The summed E-state index contributed by atoms with van der Waals surface area (Å²) in [4.78, 5) is 0. The van der Waals surface area contributed by atoms with Gasteiger partial charge in [-0.25, -0.2) is 8.78 Å². The van der Waals surface area contributed by atoms with Crippen LogP contribution in [-0.2, 0) is 0 Å². The van der Waals surface area contributed by atoms with Crippen LogP contribution >= 0.6 is 0 Å². The van der Waals surface area contributed by atoms with Crippen molar-refractivity contribution >= 4 is 0 Å². The Morgan fingerprint density at radius 1 is 1.33 bits per heavy atom. The Morgan fingerprint density at radius 2 is 1.78 bits per heavy atom. The maximum absolute atomic E-state index is 12.2. The van der Waals surface area contributed by atoms with E-state index in [0.717, 1.165) is 6.42 Å². The molecule has 2 N–H and O–H groups in total. The normalized spacial score (nSPS) is 42.3. The first-order valence-corrected chi connectivity index (χ1v) is 3.18. The third-order valence-electron chi connectivity index (χ3n) is 2.47. The van der Waals surface area contributed by atoms with Crippen LogP contribution in [0.25, 0.3) is 0 Å². The highest BCUT2D eigenvalue weighted by atomic mass is 19.3. The molecule has 2 saturated carbocycles. The van der Waals surface area contributed by atoms with Crippen molar-refractivity contribution < 1.29 is 8.78 Å². The van der Waals surface area contributed by atoms with Crippen LogP contribution in [0.3, 0.4) is 0 Å². The highest BCUT2D eigenvalue weighted by Gasteiger charge is 2.67. The van der Waals surface area contributed by atoms with Crippen molar-refractivity contribution in [2.75, 3.05) is 0 Å². The highest BCUT2D eigenvalue weighted by Crippen LogP contribution is 2.65. The van der Waals surface area contributed by atoms with Gasteiger partial charge in [0.2, 0.25) is 5.92 Å². The van der Waals surface area contributed by atoms with Crippen LogP contribution in [0.4, 0.5) is 8.78 Å². The van der Waals surface area contributed by atoms with Gasteiger partial charge in [0.15, 0.2) is 0 Å². The summed E-state index contributed by atoms with van der Waals surface area (Å²) in [5.41, 5.74) is 5.34. The summed E-state index contributed by atoms with van der Waals surface area (Å²) in [5.74, 6) is -2.38. The number of rotatable bonds is 0. The van der Waals surface area contributed by atoms with Crippen LogP contribution in [0.1, 0.15) is 19.3 Å². The molecule has 3 heteroatoms. The van der Waals surface area contributed by atoms with E-state index in [9.17, 15) is 8.78 Å². The van der Waals surface area contributed by atoms with Gasteiger partial charge in [-0.2, -0.15) is 0 Å². The van der Waals surface area contributed by atoms with Crippen molar-refractivity contribution in [2.24, 2.45) is 11.1 Å². The third-order valence-corrected chi connectivity index (χ3v) is 2.47. The molecule has 0 amide bonds. The molecule has 0 aromatic heterocycles. The average molecular weight is 133 g/mol. The molecule has 2 aliphatic rings. The minimum Gasteiger partial charge on any atom is -0.327 e. The predicted molar refractivity (Wildman–Crippen MR) is 29.2 cm³/mol. The van der Waals surface area contributed by atoms with E-state index < -0.39 is 5.92 Å². The molecule has 0 heterocycles. The second-order valence-electron chi connectivity index (χ2n) is 3.38. The van der Waals surface area contributed by atoms with Gasteiger partial charge in [0.1, 0.15) is 0 Å². The molecule has 1 nitrogen and oxygen atoms in total. The standard InChI is InChI=1S/C6H9F2N/c7-6(8)2-5(3-6)1-4(5)9/h4H,1-3,9H2. The number of alkyl halides is 2. The lowest BCUT2D eigenvalue weighted by molar-refractivity contribution is -0.123. The monoisotopic (exact) mass is 133 g/mol.